The van der Waals surface area contributed by atoms with Crippen molar-refractivity contribution in [3.8, 4) is 34.5 Å². The molecule has 0 saturated carbocycles. The minimum atomic E-state index is -2.64. The van der Waals surface area contributed by atoms with Crippen LogP contribution in [0.5, 0.6) is 34.5 Å². The number of rotatable bonds is 6. The normalized spacial score (nSPS) is 12.9. The van der Waals surface area contributed by atoms with E-state index < -0.39 is 174 Å². The fourth-order valence-electron chi connectivity index (χ4n) is 6.17. The second kappa shape index (κ2) is 27.9. The molecule has 441 valence electrons. The Kier molecular flexibility index (Phi) is 22.1. The van der Waals surface area contributed by atoms with Crippen LogP contribution in [-0.4, -0.2) is 51.2 Å². The molecule has 0 saturated heterocycles. The van der Waals surface area contributed by atoms with Crippen molar-refractivity contribution in [3.63, 3.8) is 0 Å². The molecule has 0 amide bonds. The minimum Gasteiger partial charge on any atom is -0.872 e. The summed E-state index contributed by atoms with van der Waals surface area (Å²) >= 11 is 4.82. The van der Waals surface area contributed by atoms with E-state index in [0.29, 0.717) is 39.6 Å². The number of ketones is 2. The number of ether oxygens (including phenoxy) is 6. The van der Waals surface area contributed by atoms with Crippen molar-refractivity contribution in [2.75, 3.05) is 39.6 Å². The fraction of sp³-hybridized carbons (Fsp3) is 0.125. The summed E-state index contributed by atoms with van der Waals surface area (Å²) < 4.78 is 295. The van der Waals surface area contributed by atoms with Gasteiger partial charge in [0.1, 0.15) is 39.6 Å². The van der Waals surface area contributed by atoms with Gasteiger partial charge in [0, 0.05) is 43.4 Å². The number of halogens is 20. The third-order valence-electron chi connectivity index (χ3n) is 9.92. The zero-order valence-electron chi connectivity index (χ0n) is 39.0. The number of thiophene rings is 3. The standard InChI is InChI=1S/2C15H2F10O2.3C6H6O2S.Cu/c2*16-6-4(7(17)11(21)14(24)10(6)20)2(26)1-3(27)5-8(18)12(22)15(25)13(23)9(5)19;3*1-2-8-6-4-9-3-5(6)7-1;/h2*1,26H;3*3-4H,1-2H2;/q;;;;;+2/p-2/b2*2-1-;;;;. The van der Waals surface area contributed by atoms with Gasteiger partial charge < -0.3 is 38.6 Å². The predicted molar refractivity (Wildman–Crippen MR) is 235 cm³/mol. The summed E-state index contributed by atoms with van der Waals surface area (Å²) in [5, 5.41) is 35.0. The van der Waals surface area contributed by atoms with Crippen molar-refractivity contribution >= 4 is 57.1 Å². The Morgan fingerprint density at radius 1 is 0.293 bits per heavy atom. The van der Waals surface area contributed by atoms with E-state index in [1.165, 1.54) is 0 Å². The van der Waals surface area contributed by atoms with Crippen LogP contribution in [0.1, 0.15) is 31.8 Å². The summed E-state index contributed by atoms with van der Waals surface area (Å²) in [7, 11) is 0. The van der Waals surface area contributed by atoms with Crippen LogP contribution in [0.2, 0.25) is 0 Å². The van der Waals surface area contributed by atoms with Gasteiger partial charge in [-0.25, -0.2) is 87.8 Å². The summed E-state index contributed by atoms with van der Waals surface area (Å²) in [5.74, 6) is -56.1. The third kappa shape index (κ3) is 13.8. The molecule has 7 aromatic rings. The first-order valence-electron chi connectivity index (χ1n) is 21.1. The Labute approximate surface area is 465 Å². The monoisotopic (exact) mass is 1290 g/mol. The summed E-state index contributed by atoms with van der Waals surface area (Å²) in [6.45, 7) is 4.11. The Morgan fingerprint density at radius 2 is 0.439 bits per heavy atom. The van der Waals surface area contributed by atoms with Crippen LogP contribution >= 0.6 is 34.0 Å². The van der Waals surface area contributed by atoms with E-state index in [2.05, 4.69) is 0 Å². The number of hydrogen-bond acceptors (Lipinski definition) is 13. The number of carbonyl (C=O) groups is 2. The van der Waals surface area contributed by atoms with E-state index in [1.54, 1.807) is 34.0 Å². The number of benzene rings is 4. The molecule has 82 heavy (non-hydrogen) atoms. The molecule has 34 heteroatoms. The Morgan fingerprint density at radius 3 is 0.610 bits per heavy atom. The van der Waals surface area contributed by atoms with Crippen LogP contribution in [0, 0.1) is 116 Å². The molecule has 10 nitrogen and oxygen atoms in total. The molecule has 0 unspecified atom stereocenters. The zero-order chi connectivity index (χ0) is 59.9. The number of fused-ring (bicyclic) bond motifs is 3. The second-order valence-corrected chi connectivity index (χ2v) is 17.1. The topological polar surface area (TPSA) is 136 Å². The molecule has 0 atom stereocenters. The molecule has 4 aromatic carbocycles. The molecule has 0 N–H and O–H groups in total. The first-order valence-corrected chi connectivity index (χ1v) is 23.9. The van der Waals surface area contributed by atoms with Crippen LogP contribution in [-0.2, 0) is 17.1 Å². The predicted octanol–water partition coefficient (Wildman–Crippen LogP) is 11.9. The van der Waals surface area contributed by atoms with E-state index in [1.807, 2.05) is 32.3 Å². The Balaban J connectivity index is 0.000000205. The molecule has 0 bridgehead atoms. The van der Waals surface area contributed by atoms with Gasteiger partial charge in [0.05, 0.1) is 11.1 Å². The quantitative estimate of drug-likeness (QED) is 0.0301. The summed E-state index contributed by atoms with van der Waals surface area (Å²) in [4.78, 5) is 23.3. The van der Waals surface area contributed by atoms with Crippen molar-refractivity contribution < 1.29 is 153 Å². The van der Waals surface area contributed by atoms with Gasteiger partial charge >= 0.3 is 17.1 Å². The first-order chi connectivity index (χ1) is 38.2. The maximum absolute atomic E-state index is 13.5. The summed E-state index contributed by atoms with van der Waals surface area (Å²) in [6, 6.07) is 0. The number of allylic oxidation sites excluding steroid dienone is 2. The van der Waals surface area contributed by atoms with Gasteiger partial charge in [-0.2, -0.15) is 0 Å². The molecule has 0 fully saturated rings. The second-order valence-electron chi connectivity index (χ2n) is 14.9. The number of carbonyl (C=O) groups excluding carboxylic acids is 2. The molecule has 1 radical (unpaired) electrons. The van der Waals surface area contributed by atoms with Crippen molar-refractivity contribution in [2.24, 2.45) is 0 Å². The van der Waals surface area contributed by atoms with Crippen LogP contribution in [0.25, 0.3) is 11.5 Å². The van der Waals surface area contributed by atoms with E-state index in [9.17, 15) is 108 Å². The molecule has 0 aliphatic carbocycles. The van der Waals surface area contributed by atoms with Gasteiger partial charge in [0.2, 0.25) is 23.3 Å². The molecule has 3 aliphatic rings. The van der Waals surface area contributed by atoms with E-state index in [0.717, 1.165) is 34.5 Å². The largest absolute Gasteiger partial charge is 2.00 e. The summed E-state index contributed by atoms with van der Waals surface area (Å²) in [5.41, 5.74) is -8.65. The van der Waals surface area contributed by atoms with Crippen molar-refractivity contribution in [1.29, 1.82) is 0 Å². The SMILES string of the molecule is O=C(/C=C(\[O-])c1c(F)c(F)c(F)c(F)c1F)c1c(F)c(F)c(F)c(F)c1F.O=C(/C=C(\[O-])c1c(F)c(F)c(F)c(F)c1F)c1c(F)c(F)c(F)c(F)c1F.[Cu+2].c1scc2c1OCCO2.c1scc2c1OCCO2.c1scc2c1OCCO2. The molecular formula is C48H20CuF20O10S3. The van der Waals surface area contributed by atoms with E-state index >= 15 is 0 Å². The van der Waals surface area contributed by atoms with Crippen molar-refractivity contribution in [1.82, 2.24) is 0 Å². The average Bonchev–Trinajstić information content (AvgIpc) is 4.33. The van der Waals surface area contributed by atoms with Gasteiger partial charge in [0.25, 0.3) is 0 Å². The summed E-state index contributed by atoms with van der Waals surface area (Å²) in [6.07, 6.45) is -1.17. The fourth-order valence-corrected chi connectivity index (χ4v) is 8.22. The maximum atomic E-state index is 13.5. The van der Waals surface area contributed by atoms with Crippen LogP contribution in [0.3, 0.4) is 0 Å². The van der Waals surface area contributed by atoms with Crippen LogP contribution in [0.15, 0.2) is 44.4 Å². The van der Waals surface area contributed by atoms with E-state index in [4.69, 9.17) is 28.4 Å². The van der Waals surface area contributed by atoms with Gasteiger partial charge in [-0.05, 0) is 12.2 Å². The zero-order valence-corrected chi connectivity index (χ0v) is 42.4. The maximum Gasteiger partial charge on any atom is 2.00 e. The van der Waals surface area contributed by atoms with Gasteiger partial charge in [-0.15, -0.1) is 34.0 Å². The molecular weight excluding hydrogens is 1280 g/mol. The Bertz CT molecular complexity index is 3180. The molecule has 3 aliphatic heterocycles. The average molecular weight is 1300 g/mol. The van der Waals surface area contributed by atoms with Crippen molar-refractivity contribution in [3.05, 3.63) is 183 Å². The van der Waals surface area contributed by atoms with Crippen molar-refractivity contribution in [2.45, 2.75) is 0 Å². The smallest absolute Gasteiger partial charge is 0.872 e. The molecule has 3 aromatic heterocycles. The first kappa shape index (κ1) is 65.1. The van der Waals surface area contributed by atoms with Crippen LogP contribution < -0.4 is 38.6 Å². The van der Waals surface area contributed by atoms with Gasteiger partial charge in [0.15, 0.2) is 139 Å². The molecule has 6 heterocycles. The van der Waals surface area contributed by atoms with E-state index in [-0.39, 0.29) is 17.1 Å². The minimum absolute atomic E-state index is 0. The van der Waals surface area contributed by atoms with Gasteiger partial charge in [-0.1, -0.05) is 11.5 Å². The Hall–Kier alpha value is -7.68. The number of hydrogen-bond donors (Lipinski definition) is 0. The molecule has 0 spiro atoms. The third-order valence-corrected chi connectivity index (χ3v) is 12.0. The van der Waals surface area contributed by atoms with Gasteiger partial charge in [-0.3, -0.25) is 9.59 Å². The molecule has 10 rings (SSSR count). The van der Waals surface area contributed by atoms with Crippen LogP contribution in [0.4, 0.5) is 87.8 Å².